The summed E-state index contributed by atoms with van der Waals surface area (Å²) in [6.07, 6.45) is 6.41. The molecule has 0 aliphatic heterocycles. The number of hydrogen-bond acceptors (Lipinski definition) is 2. The molecule has 1 atom stereocenters. The van der Waals surface area contributed by atoms with Crippen molar-refractivity contribution in [3.63, 3.8) is 0 Å². The van der Waals surface area contributed by atoms with Gasteiger partial charge in [0.25, 0.3) is 0 Å². The van der Waals surface area contributed by atoms with E-state index in [2.05, 4.69) is 11.4 Å². The lowest BCUT2D eigenvalue weighted by molar-refractivity contribution is 0.386. The van der Waals surface area contributed by atoms with Crippen molar-refractivity contribution in [3.05, 3.63) is 0 Å². The molecule has 1 aliphatic carbocycles. The van der Waals surface area contributed by atoms with Gasteiger partial charge in [0, 0.05) is 19.6 Å². The van der Waals surface area contributed by atoms with Crippen molar-refractivity contribution in [1.29, 1.82) is 5.26 Å². The lowest BCUT2D eigenvalue weighted by Crippen LogP contribution is -2.44. The molecule has 1 N–H and O–H groups in total. The van der Waals surface area contributed by atoms with Gasteiger partial charge in [0.05, 0.1) is 12.0 Å². The fourth-order valence-corrected chi connectivity index (χ4v) is 2.31. The Labute approximate surface area is 104 Å². The topological polar surface area (TPSA) is 39.1 Å². The highest BCUT2D eigenvalue weighted by atomic mass is 32.1. The van der Waals surface area contributed by atoms with Gasteiger partial charge in [0.15, 0.2) is 5.11 Å². The molecule has 0 amide bonds. The van der Waals surface area contributed by atoms with Gasteiger partial charge in [-0.15, -0.1) is 0 Å². The van der Waals surface area contributed by atoms with Crippen LogP contribution in [0.15, 0.2) is 0 Å². The number of hydrogen-bond donors (Lipinski definition) is 1. The van der Waals surface area contributed by atoms with E-state index in [0.29, 0.717) is 12.6 Å². The highest BCUT2D eigenvalue weighted by molar-refractivity contribution is 7.80. The first-order valence-corrected chi connectivity index (χ1v) is 6.45. The number of nitrogens with one attached hydrogen (secondary N) is 1. The molecule has 0 aromatic heterocycles. The quantitative estimate of drug-likeness (QED) is 0.767. The maximum atomic E-state index is 8.75. The molecule has 1 rings (SSSR count). The van der Waals surface area contributed by atoms with Gasteiger partial charge in [0.2, 0.25) is 0 Å². The van der Waals surface area contributed by atoms with E-state index in [4.69, 9.17) is 17.5 Å². The minimum absolute atomic E-state index is 0.0242. The first-order chi connectivity index (χ1) is 7.63. The second kappa shape index (κ2) is 6.70. The van der Waals surface area contributed by atoms with Crippen molar-refractivity contribution in [3.8, 4) is 6.07 Å². The van der Waals surface area contributed by atoms with Gasteiger partial charge in [0.1, 0.15) is 0 Å². The van der Waals surface area contributed by atoms with Crippen LogP contribution >= 0.6 is 12.2 Å². The molecule has 4 heteroatoms. The highest BCUT2D eigenvalue weighted by Crippen LogP contribution is 2.17. The van der Waals surface area contributed by atoms with Gasteiger partial charge < -0.3 is 10.2 Å². The molecule has 90 valence electrons. The van der Waals surface area contributed by atoms with Crippen molar-refractivity contribution in [2.24, 2.45) is 5.92 Å². The van der Waals surface area contributed by atoms with Crippen LogP contribution in [0.5, 0.6) is 0 Å². The van der Waals surface area contributed by atoms with Crippen LogP contribution < -0.4 is 5.32 Å². The molecule has 0 bridgehead atoms. The molecule has 1 fully saturated rings. The van der Waals surface area contributed by atoms with Crippen LogP contribution in [-0.2, 0) is 0 Å². The van der Waals surface area contributed by atoms with E-state index in [-0.39, 0.29) is 5.92 Å². The molecule has 16 heavy (non-hydrogen) atoms. The Morgan fingerprint density at radius 2 is 2.12 bits per heavy atom. The number of nitrogens with zero attached hydrogens (tertiary/aromatic N) is 2. The van der Waals surface area contributed by atoms with Crippen molar-refractivity contribution < 1.29 is 0 Å². The van der Waals surface area contributed by atoms with Gasteiger partial charge in [-0.1, -0.05) is 19.3 Å². The summed E-state index contributed by atoms with van der Waals surface area (Å²) in [5, 5.41) is 12.9. The normalized spacial score (nSPS) is 18.6. The first-order valence-electron chi connectivity index (χ1n) is 6.04. The van der Waals surface area contributed by atoms with E-state index in [1.807, 2.05) is 18.9 Å². The Morgan fingerprint density at radius 1 is 1.50 bits per heavy atom. The lowest BCUT2D eigenvalue weighted by atomic mass is 9.96. The molecule has 0 heterocycles. The summed E-state index contributed by atoms with van der Waals surface area (Å²) in [7, 11) is 1.95. The number of rotatable bonds is 3. The van der Waals surface area contributed by atoms with Crippen LogP contribution in [0.3, 0.4) is 0 Å². The Bertz CT molecular complexity index is 266. The van der Waals surface area contributed by atoms with Gasteiger partial charge in [-0.3, -0.25) is 0 Å². The minimum atomic E-state index is 0.0242. The van der Waals surface area contributed by atoms with Crippen LogP contribution in [-0.4, -0.2) is 29.6 Å². The zero-order valence-corrected chi connectivity index (χ0v) is 11.0. The molecular formula is C12H21N3S. The van der Waals surface area contributed by atoms with Gasteiger partial charge in [-0.25, -0.2) is 0 Å². The van der Waals surface area contributed by atoms with Crippen LogP contribution in [0.4, 0.5) is 0 Å². The van der Waals surface area contributed by atoms with Crippen molar-refractivity contribution in [2.75, 3.05) is 13.6 Å². The molecular weight excluding hydrogens is 218 g/mol. The third kappa shape index (κ3) is 4.36. The van der Waals surface area contributed by atoms with E-state index in [1.165, 1.54) is 32.1 Å². The molecule has 3 nitrogen and oxygen atoms in total. The van der Waals surface area contributed by atoms with Crippen LogP contribution in [0.2, 0.25) is 0 Å². The molecule has 1 aliphatic rings. The summed E-state index contributed by atoms with van der Waals surface area (Å²) in [5.74, 6) is 0.0242. The summed E-state index contributed by atoms with van der Waals surface area (Å²) >= 11 is 5.33. The largest absolute Gasteiger partial charge is 0.360 e. The smallest absolute Gasteiger partial charge is 0.168 e. The lowest BCUT2D eigenvalue weighted by Gasteiger charge is -2.28. The van der Waals surface area contributed by atoms with Crippen LogP contribution in [0, 0.1) is 17.2 Å². The fraction of sp³-hybridized carbons (Fsp3) is 0.833. The second-order valence-electron chi connectivity index (χ2n) is 4.70. The SMILES string of the molecule is C[C@H](C#N)CN(C)C(=S)NC1CCCCC1. The summed E-state index contributed by atoms with van der Waals surface area (Å²) in [5.41, 5.74) is 0. The van der Waals surface area contributed by atoms with Crippen molar-refractivity contribution in [2.45, 2.75) is 45.1 Å². The molecule has 0 spiro atoms. The fourth-order valence-electron chi connectivity index (χ4n) is 2.07. The van der Waals surface area contributed by atoms with E-state index < -0.39 is 0 Å². The molecule has 0 radical (unpaired) electrons. The maximum absolute atomic E-state index is 8.75. The van der Waals surface area contributed by atoms with Gasteiger partial charge in [-0.05, 0) is 32.0 Å². The molecule has 0 saturated heterocycles. The minimum Gasteiger partial charge on any atom is -0.360 e. The van der Waals surface area contributed by atoms with Crippen molar-refractivity contribution in [1.82, 2.24) is 10.2 Å². The summed E-state index contributed by atoms with van der Waals surface area (Å²) in [4.78, 5) is 1.97. The standard InChI is InChI=1S/C12H21N3S/c1-10(8-13)9-15(2)12(16)14-11-6-4-3-5-7-11/h10-11H,3-7,9H2,1-2H3,(H,14,16)/t10-/m1/s1. The average Bonchev–Trinajstić information content (AvgIpc) is 2.30. The molecule has 0 aromatic rings. The van der Waals surface area contributed by atoms with E-state index >= 15 is 0 Å². The van der Waals surface area contributed by atoms with Crippen LogP contribution in [0.25, 0.3) is 0 Å². The average molecular weight is 239 g/mol. The van der Waals surface area contributed by atoms with Crippen LogP contribution in [0.1, 0.15) is 39.0 Å². The molecule has 0 unspecified atom stereocenters. The zero-order valence-electron chi connectivity index (χ0n) is 10.2. The van der Waals surface area contributed by atoms with Gasteiger partial charge in [-0.2, -0.15) is 5.26 Å². The predicted molar refractivity (Wildman–Crippen MR) is 70.0 cm³/mol. The van der Waals surface area contributed by atoms with E-state index in [0.717, 1.165) is 5.11 Å². The Balaban J connectivity index is 2.30. The third-order valence-corrected chi connectivity index (χ3v) is 3.48. The zero-order chi connectivity index (χ0) is 12.0. The number of nitriles is 1. The Kier molecular flexibility index (Phi) is 5.54. The summed E-state index contributed by atoms with van der Waals surface area (Å²) < 4.78 is 0. The summed E-state index contributed by atoms with van der Waals surface area (Å²) in [6.45, 7) is 2.62. The van der Waals surface area contributed by atoms with E-state index in [1.54, 1.807) is 0 Å². The maximum Gasteiger partial charge on any atom is 0.168 e. The highest BCUT2D eigenvalue weighted by Gasteiger charge is 2.16. The van der Waals surface area contributed by atoms with E-state index in [9.17, 15) is 0 Å². The summed E-state index contributed by atoms with van der Waals surface area (Å²) in [6, 6.07) is 2.77. The third-order valence-electron chi connectivity index (χ3n) is 3.05. The molecule has 1 saturated carbocycles. The second-order valence-corrected chi connectivity index (χ2v) is 5.08. The monoisotopic (exact) mass is 239 g/mol. The number of thiocarbonyl (C=S) groups is 1. The Morgan fingerprint density at radius 3 is 2.69 bits per heavy atom. The first kappa shape index (κ1) is 13.2. The van der Waals surface area contributed by atoms with Gasteiger partial charge >= 0.3 is 0 Å². The van der Waals surface area contributed by atoms with Crippen molar-refractivity contribution >= 4 is 17.3 Å². The molecule has 0 aromatic carbocycles. The predicted octanol–water partition coefficient (Wildman–Crippen LogP) is 2.29. The Hall–Kier alpha value is -0.820.